The number of nitrogens with one attached hydrogen (secondary N) is 1. The third kappa shape index (κ3) is 2.99. The van der Waals surface area contributed by atoms with Gasteiger partial charge >= 0.3 is 0 Å². The highest BCUT2D eigenvalue weighted by Crippen LogP contribution is 2.09. The predicted octanol–water partition coefficient (Wildman–Crippen LogP) is 1.33. The molecule has 94 valence electrons. The maximum atomic E-state index is 11.8. The molecule has 5 heteroatoms. The molecule has 0 spiro atoms. The van der Waals surface area contributed by atoms with Crippen molar-refractivity contribution in [3.63, 3.8) is 0 Å². The van der Waals surface area contributed by atoms with Gasteiger partial charge in [-0.05, 0) is 19.8 Å². The van der Waals surface area contributed by atoms with Crippen LogP contribution in [-0.2, 0) is 11.3 Å². The topological polar surface area (TPSA) is 50.2 Å². The molecule has 0 bridgehead atoms. The van der Waals surface area contributed by atoms with E-state index in [-0.39, 0.29) is 5.91 Å². The van der Waals surface area contributed by atoms with E-state index in [1.807, 2.05) is 15.7 Å². The van der Waals surface area contributed by atoms with E-state index in [1.165, 1.54) is 0 Å². The first-order valence-corrected chi connectivity index (χ1v) is 6.34. The molecule has 1 aliphatic rings. The van der Waals surface area contributed by atoms with Crippen molar-refractivity contribution in [3.8, 4) is 0 Å². The molecule has 1 aromatic heterocycles. The first-order chi connectivity index (χ1) is 8.31. The summed E-state index contributed by atoms with van der Waals surface area (Å²) in [5.74, 6) is 1.10. The van der Waals surface area contributed by atoms with E-state index in [0.717, 1.165) is 38.4 Å². The molecule has 0 saturated carbocycles. The predicted molar refractivity (Wildman–Crippen MR) is 66.8 cm³/mol. The van der Waals surface area contributed by atoms with Crippen molar-refractivity contribution in [1.29, 1.82) is 0 Å². The van der Waals surface area contributed by atoms with Gasteiger partial charge in [0, 0.05) is 45.0 Å². The number of carbonyl (C=O) groups is 1. The summed E-state index contributed by atoms with van der Waals surface area (Å²) in [7, 11) is 0. The molecular weight excluding hydrogens is 216 g/mol. The lowest BCUT2D eigenvalue weighted by atomic mass is 10.3. The Morgan fingerprint density at radius 1 is 1.47 bits per heavy atom. The van der Waals surface area contributed by atoms with Crippen LogP contribution in [0.3, 0.4) is 0 Å². The number of rotatable bonds is 5. The minimum absolute atomic E-state index is 0.254. The normalized spacial score (nSPS) is 15.2. The summed E-state index contributed by atoms with van der Waals surface area (Å²) < 4.78 is 2.03. The number of aromatic nitrogens is 2. The van der Waals surface area contributed by atoms with Gasteiger partial charge in [0.1, 0.15) is 0 Å². The van der Waals surface area contributed by atoms with Crippen molar-refractivity contribution < 1.29 is 4.79 Å². The maximum absolute atomic E-state index is 11.8. The van der Waals surface area contributed by atoms with Crippen LogP contribution in [0.2, 0.25) is 0 Å². The van der Waals surface area contributed by atoms with Gasteiger partial charge in [0.25, 0.3) is 0 Å². The summed E-state index contributed by atoms with van der Waals surface area (Å²) in [6.45, 7) is 5.49. The monoisotopic (exact) mass is 236 g/mol. The largest absolute Gasteiger partial charge is 0.355 e. The van der Waals surface area contributed by atoms with E-state index < -0.39 is 0 Å². The van der Waals surface area contributed by atoms with E-state index in [1.54, 1.807) is 6.20 Å². The fourth-order valence-corrected chi connectivity index (χ4v) is 2.14. The highest BCUT2D eigenvalue weighted by molar-refractivity contribution is 5.76. The molecular formula is C12H20N4O. The average Bonchev–Trinajstić information content (AvgIpc) is 2.99. The van der Waals surface area contributed by atoms with Crippen LogP contribution in [0.5, 0.6) is 0 Å². The van der Waals surface area contributed by atoms with Crippen LogP contribution in [0.25, 0.3) is 0 Å². The van der Waals surface area contributed by atoms with E-state index in [0.29, 0.717) is 13.0 Å². The number of likely N-dealkylation sites (tertiary alicyclic amines) is 1. The number of hydrogen-bond donors (Lipinski definition) is 1. The van der Waals surface area contributed by atoms with E-state index in [2.05, 4.69) is 17.2 Å². The van der Waals surface area contributed by atoms with Crippen LogP contribution in [0, 0.1) is 0 Å². The smallest absolute Gasteiger partial charge is 0.224 e. The van der Waals surface area contributed by atoms with Crippen LogP contribution in [0.1, 0.15) is 26.2 Å². The van der Waals surface area contributed by atoms with Crippen molar-refractivity contribution in [2.45, 2.75) is 32.7 Å². The molecule has 0 aliphatic carbocycles. The molecule has 1 saturated heterocycles. The Bertz CT molecular complexity index is 368. The molecule has 1 aliphatic heterocycles. The van der Waals surface area contributed by atoms with E-state index in [4.69, 9.17) is 0 Å². The number of nitrogens with zero attached hydrogens (tertiary/aromatic N) is 3. The molecule has 1 aromatic rings. The van der Waals surface area contributed by atoms with Crippen molar-refractivity contribution in [2.24, 2.45) is 0 Å². The van der Waals surface area contributed by atoms with Gasteiger partial charge in [-0.1, -0.05) is 0 Å². The fraction of sp³-hybridized carbons (Fsp3) is 0.667. The molecule has 5 nitrogen and oxygen atoms in total. The van der Waals surface area contributed by atoms with Crippen molar-refractivity contribution in [1.82, 2.24) is 14.5 Å². The number of hydrogen-bond acceptors (Lipinski definition) is 3. The third-order valence-corrected chi connectivity index (χ3v) is 3.14. The Labute approximate surface area is 102 Å². The number of imidazole rings is 1. The molecule has 2 heterocycles. The molecule has 2 rings (SSSR count). The summed E-state index contributed by atoms with van der Waals surface area (Å²) in [6, 6.07) is 0. The molecule has 0 atom stereocenters. The number of anilines is 1. The van der Waals surface area contributed by atoms with E-state index >= 15 is 0 Å². The Morgan fingerprint density at radius 2 is 2.24 bits per heavy atom. The Balaban J connectivity index is 1.73. The second kappa shape index (κ2) is 5.70. The second-order valence-corrected chi connectivity index (χ2v) is 4.30. The minimum atomic E-state index is 0.254. The van der Waals surface area contributed by atoms with Crippen molar-refractivity contribution in [2.75, 3.05) is 25.0 Å². The van der Waals surface area contributed by atoms with Crippen LogP contribution in [0.15, 0.2) is 12.4 Å². The first kappa shape index (κ1) is 12.0. The summed E-state index contributed by atoms with van der Waals surface area (Å²) in [6.07, 6.45) is 6.56. The van der Waals surface area contributed by atoms with Crippen molar-refractivity contribution in [3.05, 3.63) is 12.4 Å². The van der Waals surface area contributed by atoms with Gasteiger partial charge in [-0.15, -0.1) is 0 Å². The number of carbonyl (C=O) groups excluding carboxylic acids is 1. The summed E-state index contributed by atoms with van der Waals surface area (Å²) in [5, 5.41) is 3.20. The SMILES string of the molecule is CCn1ccnc1NCCC(=O)N1CCCC1. The second-order valence-electron chi connectivity index (χ2n) is 4.30. The van der Waals surface area contributed by atoms with Gasteiger partial charge < -0.3 is 14.8 Å². The number of aryl methyl sites for hydroxylation is 1. The quantitative estimate of drug-likeness (QED) is 0.839. The Hall–Kier alpha value is -1.52. The Kier molecular flexibility index (Phi) is 4.01. The lowest BCUT2D eigenvalue weighted by Gasteiger charge is -2.15. The molecule has 0 unspecified atom stereocenters. The van der Waals surface area contributed by atoms with Gasteiger partial charge in [0.15, 0.2) is 0 Å². The number of amides is 1. The average molecular weight is 236 g/mol. The molecule has 0 radical (unpaired) electrons. The standard InChI is InChI=1S/C12H20N4O/c1-2-15-10-7-14-12(15)13-6-5-11(17)16-8-3-4-9-16/h7,10H,2-6,8-9H2,1H3,(H,13,14). The lowest BCUT2D eigenvalue weighted by molar-refractivity contribution is -0.129. The van der Waals surface area contributed by atoms with Crippen molar-refractivity contribution >= 4 is 11.9 Å². The van der Waals surface area contributed by atoms with Crippen LogP contribution in [0.4, 0.5) is 5.95 Å². The molecule has 1 amide bonds. The summed E-state index contributed by atoms with van der Waals surface area (Å²) in [4.78, 5) is 17.9. The van der Waals surface area contributed by atoms with Gasteiger partial charge in [-0.25, -0.2) is 4.98 Å². The summed E-state index contributed by atoms with van der Waals surface area (Å²) >= 11 is 0. The van der Waals surface area contributed by atoms with Crippen LogP contribution < -0.4 is 5.32 Å². The highest BCUT2D eigenvalue weighted by atomic mass is 16.2. The first-order valence-electron chi connectivity index (χ1n) is 6.34. The van der Waals surface area contributed by atoms with Gasteiger partial charge in [-0.3, -0.25) is 4.79 Å². The molecule has 17 heavy (non-hydrogen) atoms. The summed E-state index contributed by atoms with van der Waals surface area (Å²) in [5.41, 5.74) is 0. The zero-order valence-corrected chi connectivity index (χ0v) is 10.4. The van der Waals surface area contributed by atoms with Gasteiger partial charge in [0.2, 0.25) is 11.9 Å². The zero-order chi connectivity index (χ0) is 12.1. The maximum Gasteiger partial charge on any atom is 0.224 e. The van der Waals surface area contributed by atoms with Crippen LogP contribution in [-0.4, -0.2) is 40.0 Å². The van der Waals surface area contributed by atoms with E-state index in [9.17, 15) is 4.79 Å². The minimum Gasteiger partial charge on any atom is -0.355 e. The molecule has 1 N–H and O–H groups in total. The van der Waals surface area contributed by atoms with Gasteiger partial charge in [-0.2, -0.15) is 0 Å². The Morgan fingerprint density at radius 3 is 2.94 bits per heavy atom. The molecule has 0 aromatic carbocycles. The third-order valence-electron chi connectivity index (χ3n) is 3.14. The fourth-order valence-electron chi connectivity index (χ4n) is 2.14. The lowest BCUT2D eigenvalue weighted by Crippen LogP contribution is -2.29. The zero-order valence-electron chi connectivity index (χ0n) is 10.4. The van der Waals surface area contributed by atoms with Crippen LogP contribution >= 0.6 is 0 Å². The highest BCUT2D eigenvalue weighted by Gasteiger charge is 2.17. The van der Waals surface area contributed by atoms with Gasteiger partial charge in [0.05, 0.1) is 0 Å². The molecule has 1 fully saturated rings.